The molecule has 0 saturated carbocycles. The number of carbonyl (C=O) groups is 1. The zero-order valence-corrected chi connectivity index (χ0v) is 27.7. The maximum atomic E-state index is 13.6. The molecule has 6 nitrogen and oxygen atoms in total. The van der Waals surface area contributed by atoms with E-state index in [0.29, 0.717) is 63.7 Å². The molecule has 0 spiro atoms. The van der Waals surface area contributed by atoms with Gasteiger partial charge >= 0.3 is 12.4 Å². The smallest absolute Gasteiger partial charge is 0.416 e. The second-order valence-corrected chi connectivity index (χ2v) is 11.8. The first-order valence-corrected chi connectivity index (χ1v) is 14.3. The summed E-state index contributed by atoms with van der Waals surface area (Å²) >= 11 is 0. The Hall–Kier alpha value is -2.69. The molecule has 46 heavy (non-hydrogen) atoms. The number of morpholine rings is 1. The Balaban J connectivity index is 0.00000368. The van der Waals surface area contributed by atoms with Gasteiger partial charge in [0.25, 0.3) is 5.91 Å². The van der Waals surface area contributed by atoms with Crippen molar-refractivity contribution in [1.29, 1.82) is 0 Å². The van der Waals surface area contributed by atoms with Crippen LogP contribution in [0.5, 0.6) is 5.75 Å². The quantitative estimate of drug-likeness (QED) is 0.260. The Bertz CT molecular complexity index is 1380. The lowest BCUT2D eigenvalue weighted by molar-refractivity contribution is -0.143. The van der Waals surface area contributed by atoms with Crippen molar-refractivity contribution in [2.45, 2.75) is 51.1 Å². The molecule has 2 aromatic carbocycles. The highest BCUT2D eigenvalue weighted by atomic mass is 35.5. The molecule has 1 atom stereocenters. The van der Waals surface area contributed by atoms with E-state index in [9.17, 15) is 31.1 Å². The summed E-state index contributed by atoms with van der Waals surface area (Å²) in [6.45, 7) is 9.91. The minimum Gasteiger partial charge on any atom is -0.496 e. The van der Waals surface area contributed by atoms with Gasteiger partial charge in [-0.15, -0.1) is 24.8 Å². The van der Waals surface area contributed by atoms with Crippen LogP contribution in [0.4, 0.5) is 26.3 Å². The number of halogens is 8. The average Bonchev–Trinajstić information content (AvgIpc) is 2.94. The molecule has 0 aromatic heterocycles. The summed E-state index contributed by atoms with van der Waals surface area (Å²) in [5.74, 6) is 6.21. The summed E-state index contributed by atoms with van der Waals surface area (Å²) in [7, 11) is 1.55. The van der Waals surface area contributed by atoms with E-state index in [-0.39, 0.29) is 43.0 Å². The normalized spacial score (nSPS) is 18.9. The molecule has 2 heterocycles. The van der Waals surface area contributed by atoms with Crippen LogP contribution in [0.2, 0.25) is 0 Å². The molecule has 2 aromatic rings. The SMILES string of the molecule is COc1ccc(CC2CN(CC#CCN3CCOCC3(C)C)CCN2C(=O)c2cc(C(F)(F)F)cc(C(F)(F)F)c2)cc1C.Cl.Cl. The summed E-state index contributed by atoms with van der Waals surface area (Å²) in [5.41, 5.74) is -2.10. The molecule has 2 aliphatic heterocycles. The van der Waals surface area contributed by atoms with Gasteiger partial charge in [0.1, 0.15) is 5.75 Å². The van der Waals surface area contributed by atoms with Crippen LogP contribution in [0, 0.1) is 18.8 Å². The highest BCUT2D eigenvalue weighted by Crippen LogP contribution is 2.37. The lowest BCUT2D eigenvalue weighted by atomic mass is 9.98. The first-order chi connectivity index (χ1) is 20.6. The fourth-order valence-electron chi connectivity index (χ4n) is 5.59. The molecular formula is C32H39Cl2F6N3O3. The van der Waals surface area contributed by atoms with Crippen molar-refractivity contribution < 1.29 is 40.6 Å². The zero-order chi connectivity index (χ0) is 32.3. The number of aryl methyl sites for hydroxylation is 1. The molecule has 0 N–H and O–H groups in total. The number of piperazine rings is 1. The van der Waals surface area contributed by atoms with Crippen molar-refractivity contribution in [3.8, 4) is 17.6 Å². The van der Waals surface area contributed by atoms with Crippen molar-refractivity contribution in [1.82, 2.24) is 14.7 Å². The molecular weight excluding hydrogens is 659 g/mol. The van der Waals surface area contributed by atoms with Gasteiger partial charge < -0.3 is 14.4 Å². The summed E-state index contributed by atoms with van der Waals surface area (Å²) in [5, 5.41) is 0. The van der Waals surface area contributed by atoms with E-state index < -0.39 is 41.0 Å². The predicted octanol–water partition coefficient (Wildman–Crippen LogP) is 6.37. The van der Waals surface area contributed by atoms with Crippen LogP contribution in [-0.4, -0.2) is 91.8 Å². The number of carbonyl (C=O) groups excluding carboxylic acids is 1. The lowest BCUT2D eigenvalue weighted by Gasteiger charge is -2.41. The minimum absolute atomic E-state index is 0. The molecule has 2 saturated heterocycles. The Morgan fingerprint density at radius 1 is 0.957 bits per heavy atom. The highest BCUT2D eigenvalue weighted by molar-refractivity contribution is 5.95. The van der Waals surface area contributed by atoms with E-state index in [1.165, 1.54) is 4.90 Å². The van der Waals surface area contributed by atoms with Gasteiger partial charge in [-0.25, -0.2) is 0 Å². The first-order valence-electron chi connectivity index (χ1n) is 14.3. The maximum Gasteiger partial charge on any atom is 0.416 e. The van der Waals surface area contributed by atoms with E-state index in [2.05, 4.69) is 35.5 Å². The van der Waals surface area contributed by atoms with Crippen LogP contribution in [0.1, 0.15) is 46.5 Å². The van der Waals surface area contributed by atoms with Gasteiger partial charge in [-0.2, -0.15) is 26.3 Å². The van der Waals surface area contributed by atoms with Crippen LogP contribution in [-0.2, 0) is 23.5 Å². The average molecular weight is 699 g/mol. The van der Waals surface area contributed by atoms with E-state index in [1.54, 1.807) is 13.2 Å². The number of ether oxygens (including phenoxy) is 2. The molecule has 0 bridgehead atoms. The van der Waals surface area contributed by atoms with E-state index in [0.717, 1.165) is 17.7 Å². The number of methoxy groups -OCH3 is 1. The largest absolute Gasteiger partial charge is 0.496 e. The fraction of sp³-hybridized carbons (Fsp3) is 0.531. The molecule has 2 aliphatic rings. The van der Waals surface area contributed by atoms with Crippen molar-refractivity contribution in [2.75, 3.05) is 59.6 Å². The van der Waals surface area contributed by atoms with E-state index in [4.69, 9.17) is 9.47 Å². The Morgan fingerprint density at radius 3 is 2.15 bits per heavy atom. The second-order valence-electron chi connectivity index (χ2n) is 11.8. The third-order valence-electron chi connectivity index (χ3n) is 8.11. The second kappa shape index (κ2) is 15.9. The monoisotopic (exact) mass is 697 g/mol. The van der Waals surface area contributed by atoms with Crippen LogP contribution < -0.4 is 4.74 Å². The van der Waals surface area contributed by atoms with Gasteiger partial charge in [0.2, 0.25) is 0 Å². The van der Waals surface area contributed by atoms with Crippen molar-refractivity contribution >= 4 is 30.7 Å². The van der Waals surface area contributed by atoms with E-state index >= 15 is 0 Å². The van der Waals surface area contributed by atoms with Gasteiger partial charge in [-0.1, -0.05) is 24.0 Å². The Labute approximate surface area is 278 Å². The molecule has 4 rings (SSSR count). The maximum absolute atomic E-state index is 13.6. The van der Waals surface area contributed by atoms with Crippen LogP contribution in [0.3, 0.4) is 0 Å². The topological polar surface area (TPSA) is 45.2 Å². The minimum atomic E-state index is -5.05. The van der Waals surface area contributed by atoms with Crippen LogP contribution in [0.25, 0.3) is 0 Å². The van der Waals surface area contributed by atoms with E-state index in [1.807, 2.05) is 19.1 Å². The number of benzene rings is 2. The van der Waals surface area contributed by atoms with Gasteiger partial charge in [0, 0.05) is 43.3 Å². The molecule has 1 amide bonds. The van der Waals surface area contributed by atoms with Gasteiger partial charge in [0.05, 0.1) is 44.5 Å². The Morgan fingerprint density at radius 2 is 1.59 bits per heavy atom. The van der Waals surface area contributed by atoms with Gasteiger partial charge in [-0.05, 0) is 62.6 Å². The van der Waals surface area contributed by atoms with Crippen LogP contribution >= 0.6 is 24.8 Å². The third-order valence-corrected chi connectivity index (χ3v) is 8.11. The lowest BCUT2D eigenvalue weighted by Crippen LogP contribution is -2.56. The predicted molar refractivity (Wildman–Crippen MR) is 168 cm³/mol. The van der Waals surface area contributed by atoms with Gasteiger partial charge in [-0.3, -0.25) is 14.6 Å². The van der Waals surface area contributed by atoms with Crippen molar-refractivity contribution in [3.05, 3.63) is 64.2 Å². The highest BCUT2D eigenvalue weighted by Gasteiger charge is 2.39. The third kappa shape index (κ3) is 9.91. The molecule has 0 radical (unpaired) electrons. The number of hydrogen-bond acceptors (Lipinski definition) is 5. The number of amides is 1. The summed E-state index contributed by atoms with van der Waals surface area (Å²) < 4.78 is 92.1. The van der Waals surface area contributed by atoms with Crippen molar-refractivity contribution in [3.63, 3.8) is 0 Å². The molecule has 256 valence electrons. The molecule has 0 aliphatic carbocycles. The Kier molecular flexibility index (Phi) is 13.7. The fourth-order valence-corrected chi connectivity index (χ4v) is 5.59. The van der Waals surface area contributed by atoms with Gasteiger partial charge in [0.15, 0.2) is 0 Å². The zero-order valence-electron chi connectivity index (χ0n) is 26.1. The number of hydrogen-bond donors (Lipinski definition) is 0. The van der Waals surface area contributed by atoms with Crippen LogP contribution in [0.15, 0.2) is 36.4 Å². The molecule has 1 unspecified atom stereocenters. The summed E-state index contributed by atoms with van der Waals surface area (Å²) in [4.78, 5) is 19.3. The number of nitrogens with zero attached hydrogens (tertiary/aromatic N) is 3. The standard InChI is InChI=1S/C32H37F6N3O3.2ClH/c1-22-15-23(7-8-28(22)43-4)16-27-20-39(9-5-6-10-40-13-14-44-21-30(40,2)3)11-12-41(27)29(42)24-17-25(31(33,34)35)19-26(18-24)32(36,37)38;;/h7-8,15,17-19,27H,9-14,16,20-21H2,1-4H3;2*1H. The number of alkyl halides is 6. The first kappa shape index (κ1) is 39.5. The summed E-state index contributed by atoms with van der Waals surface area (Å²) in [6.07, 6.45) is -9.76. The molecule has 2 fully saturated rings. The molecule has 14 heteroatoms. The van der Waals surface area contributed by atoms with Crippen molar-refractivity contribution in [2.24, 2.45) is 0 Å². The number of rotatable bonds is 6. The summed E-state index contributed by atoms with van der Waals surface area (Å²) in [6, 6.07) is 6.03.